The van der Waals surface area contributed by atoms with Gasteiger partial charge in [-0.25, -0.2) is 22.7 Å². The molecular formula is C20H25F3N4O. The number of nitrogens with one attached hydrogen (secondary N) is 1. The first-order valence-corrected chi connectivity index (χ1v) is 9.98. The third kappa shape index (κ3) is 4.64. The lowest BCUT2D eigenvalue weighted by atomic mass is 9.81. The predicted molar refractivity (Wildman–Crippen MR) is 97.7 cm³/mol. The smallest absolute Gasteiger partial charge is 0.248 e. The number of rotatable bonds is 6. The summed E-state index contributed by atoms with van der Waals surface area (Å²) in [4.78, 5) is 16.5. The van der Waals surface area contributed by atoms with E-state index in [0.717, 1.165) is 11.3 Å². The molecule has 2 fully saturated rings. The van der Waals surface area contributed by atoms with Crippen LogP contribution in [-0.4, -0.2) is 32.6 Å². The molecule has 2 aliphatic rings. The molecule has 0 aliphatic heterocycles. The lowest BCUT2D eigenvalue weighted by Crippen LogP contribution is -2.32. The number of nitrogens with zero attached hydrogens (tertiary/aromatic N) is 3. The number of alkyl halides is 3. The van der Waals surface area contributed by atoms with Crippen molar-refractivity contribution in [3.8, 4) is 0 Å². The van der Waals surface area contributed by atoms with E-state index in [1.54, 1.807) is 10.7 Å². The van der Waals surface area contributed by atoms with E-state index < -0.39 is 12.1 Å². The molecule has 5 nitrogen and oxygen atoms in total. The van der Waals surface area contributed by atoms with E-state index >= 15 is 0 Å². The summed E-state index contributed by atoms with van der Waals surface area (Å²) >= 11 is 0. The zero-order valence-corrected chi connectivity index (χ0v) is 15.7. The Labute approximate surface area is 161 Å². The van der Waals surface area contributed by atoms with Gasteiger partial charge in [0.25, 0.3) is 0 Å². The average molecular weight is 394 g/mol. The summed E-state index contributed by atoms with van der Waals surface area (Å²) in [6.07, 6.45) is 5.75. The summed E-state index contributed by atoms with van der Waals surface area (Å²) in [6.45, 7) is 0.355. The monoisotopic (exact) mass is 394 g/mol. The Morgan fingerprint density at radius 2 is 2.00 bits per heavy atom. The summed E-state index contributed by atoms with van der Waals surface area (Å²) in [5, 5.41) is 7.18. The number of imidazole rings is 1. The highest BCUT2D eigenvalue weighted by molar-refractivity contribution is 5.76. The van der Waals surface area contributed by atoms with E-state index in [9.17, 15) is 18.0 Å². The van der Waals surface area contributed by atoms with E-state index in [-0.39, 0.29) is 30.6 Å². The minimum absolute atomic E-state index is 0.0417. The van der Waals surface area contributed by atoms with Gasteiger partial charge >= 0.3 is 0 Å². The van der Waals surface area contributed by atoms with Crippen LogP contribution in [0.25, 0.3) is 5.65 Å². The van der Waals surface area contributed by atoms with Crippen molar-refractivity contribution in [3.63, 3.8) is 0 Å². The second kappa shape index (κ2) is 7.72. The van der Waals surface area contributed by atoms with Crippen molar-refractivity contribution in [1.82, 2.24) is 19.9 Å². The second-order valence-corrected chi connectivity index (χ2v) is 8.32. The number of carbonyl (C=O) groups is 1. The second-order valence-electron chi connectivity index (χ2n) is 8.32. The van der Waals surface area contributed by atoms with Gasteiger partial charge in [-0.1, -0.05) is 0 Å². The standard InChI is InChI=1S/C20H25F3N4O/c21-16-5-14(6-16)9-19(28)24-10-15-8-18-26-17(12-27(18)25-11-15)7-13-1-3-20(22,23)4-2-13/h8,11-14,16H,1-7,9-10H2,(H,24,28)/t14-,16-. The highest BCUT2D eigenvalue weighted by Gasteiger charge is 2.35. The van der Waals surface area contributed by atoms with Gasteiger partial charge in [-0.05, 0) is 55.6 Å². The van der Waals surface area contributed by atoms with Crippen molar-refractivity contribution in [1.29, 1.82) is 0 Å². The van der Waals surface area contributed by atoms with Crippen molar-refractivity contribution < 1.29 is 18.0 Å². The van der Waals surface area contributed by atoms with E-state index in [0.29, 0.717) is 50.7 Å². The van der Waals surface area contributed by atoms with E-state index in [2.05, 4.69) is 15.4 Å². The van der Waals surface area contributed by atoms with E-state index in [1.807, 2.05) is 12.3 Å². The molecular weight excluding hydrogens is 369 g/mol. The van der Waals surface area contributed by atoms with Gasteiger partial charge in [-0.2, -0.15) is 5.10 Å². The molecule has 0 saturated heterocycles. The first-order chi connectivity index (χ1) is 13.4. The number of hydrogen-bond donors (Lipinski definition) is 1. The summed E-state index contributed by atoms with van der Waals surface area (Å²) in [5.41, 5.74) is 2.38. The van der Waals surface area contributed by atoms with Gasteiger partial charge in [0.1, 0.15) is 6.17 Å². The first kappa shape index (κ1) is 19.2. The van der Waals surface area contributed by atoms with Crippen molar-refractivity contribution in [2.45, 2.75) is 70.0 Å². The van der Waals surface area contributed by atoms with Crippen molar-refractivity contribution >= 4 is 11.6 Å². The van der Waals surface area contributed by atoms with Crippen LogP contribution in [0.3, 0.4) is 0 Å². The van der Waals surface area contributed by atoms with Crippen LogP contribution in [0.4, 0.5) is 13.2 Å². The fraction of sp³-hybridized carbons (Fsp3) is 0.650. The summed E-state index contributed by atoms with van der Waals surface area (Å²) in [5.74, 6) is -2.19. The highest BCUT2D eigenvalue weighted by atomic mass is 19.3. The van der Waals surface area contributed by atoms with Crippen molar-refractivity contribution in [2.75, 3.05) is 0 Å². The summed E-state index contributed by atoms with van der Waals surface area (Å²) in [6, 6.07) is 1.87. The van der Waals surface area contributed by atoms with Gasteiger partial charge in [0.15, 0.2) is 5.65 Å². The minimum atomic E-state index is -2.51. The van der Waals surface area contributed by atoms with Crippen LogP contribution in [-0.2, 0) is 17.8 Å². The van der Waals surface area contributed by atoms with Crippen LogP contribution < -0.4 is 5.32 Å². The Bertz CT molecular complexity index is 837. The number of hydrogen-bond acceptors (Lipinski definition) is 3. The highest BCUT2D eigenvalue weighted by Crippen LogP contribution is 2.37. The molecule has 0 radical (unpaired) electrons. The topological polar surface area (TPSA) is 59.3 Å². The molecule has 152 valence electrons. The molecule has 2 aliphatic carbocycles. The Morgan fingerprint density at radius 3 is 2.71 bits per heavy atom. The molecule has 1 N–H and O–H groups in total. The maximum absolute atomic E-state index is 13.3. The third-order valence-corrected chi connectivity index (χ3v) is 5.90. The van der Waals surface area contributed by atoms with Crippen molar-refractivity contribution in [2.24, 2.45) is 11.8 Å². The molecule has 2 aromatic heterocycles. The molecule has 2 saturated carbocycles. The lowest BCUT2D eigenvalue weighted by molar-refractivity contribution is -0.123. The fourth-order valence-electron chi connectivity index (χ4n) is 4.12. The minimum Gasteiger partial charge on any atom is -0.352 e. The molecule has 2 aromatic rings. The molecule has 0 spiro atoms. The predicted octanol–water partition coefficient (Wildman–Crippen LogP) is 3.85. The van der Waals surface area contributed by atoms with Gasteiger partial charge in [0, 0.05) is 25.8 Å². The van der Waals surface area contributed by atoms with Crippen LogP contribution in [0, 0.1) is 11.8 Å². The molecule has 0 bridgehead atoms. The zero-order valence-electron chi connectivity index (χ0n) is 15.7. The van der Waals surface area contributed by atoms with Gasteiger partial charge in [0.2, 0.25) is 11.8 Å². The fourth-order valence-corrected chi connectivity index (χ4v) is 4.12. The van der Waals surface area contributed by atoms with Gasteiger partial charge in [-0.15, -0.1) is 0 Å². The van der Waals surface area contributed by atoms with Gasteiger partial charge < -0.3 is 5.32 Å². The maximum Gasteiger partial charge on any atom is 0.248 e. The zero-order chi connectivity index (χ0) is 19.7. The molecule has 28 heavy (non-hydrogen) atoms. The maximum atomic E-state index is 13.3. The largest absolute Gasteiger partial charge is 0.352 e. The Morgan fingerprint density at radius 1 is 1.25 bits per heavy atom. The van der Waals surface area contributed by atoms with Crippen LogP contribution in [0.2, 0.25) is 0 Å². The number of aromatic nitrogens is 3. The van der Waals surface area contributed by atoms with E-state index in [4.69, 9.17) is 0 Å². The normalized spacial score (nSPS) is 24.8. The molecule has 1 amide bonds. The number of halogens is 3. The number of carbonyl (C=O) groups excluding carboxylic acids is 1. The summed E-state index contributed by atoms with van der Waals surface area (Å²) in [7, 11) is 0. The lowest BCUT2D eigenvalue weighted by Gasteiger charge is -2.28. The van der Waals surface area contributed by atoms with Crippen LogP contribution >= 0.6 is 0 Å². The Hall–Kier alpha value is -2.12. The van der Waals surface area contributed by atoms with Crippen LogP contribution in [0.1, 0.15) is 56.2 Å². The van der Waals surface area contributed by atoms with Gasteiger partial charge in [-0.3, -0.25) is 4.79 Å². The third-order valence-electron chi connectivity index (χ3n) is 5.90. The Balaban J connectivity index is 1.31. The van der Waals surface area contributed by atoms with E-state index in [1.165, 1.54) is 0 Å². The van der Waals surface area contributed by atoms with Crippen LogP contribution in [0.5, 0.6) is 0 Å². The molecule has 4 rings (SSSR count). The number of fused-ring (bicyclic) bond motifs is 1. The van der Waals surface area contributed by atoms with Crippen LogP contribution in [0.15, 0.2) is 18.5 Å². The quantitative estimate of drug-likeness (QED) is 0.810. The van der Waals surface area contributed by atoms with Gasteiger partial charge in [0.05, 0.1) is 18.1 Å². The SMILES string of the molecule is O=C(C[C@H]1C[C@H](F)C1)NCc1cnn2cc(CC3CCC(F)(F)CC3)nc2c1. The van der Waals surface area contributed by atoms with Crippen molar-refractivity contribution in [3.05, 3.63) is 29.7 Å². The average Bonchev–Trinajstić information content (AvgIpc) is 3.02. The molecule has 8 heteroatoms. The molecule has 0 aromatic carbocycles. The molecule has 2 heterocycles. The Kier molecular flexibility index (Phi) is 5.29. The first-order valence-electron chi connectivity index (χ1n) is 9.98. The molecule has 0 unspecified atom stereocenters. The molecule has 0 atom stereocenters. The summed E-state index contributed by atoms with van der Waals surface area (Å²) < 4.78 is 41.1. The number of amides is 1.